The van der Waals surface area contributed by atoms with E-state index in [9.17, 15) is 9.59 Å². The van der Waals surface area contributed by atoms with Gasteiger partial charge in [0.1, 0.15) is 5.69 Å². The van der Waals surface area contributed by atoms with Crippen molar-refractivity contribution >= 4 is 34.5 Å². The highest BCUT2D eigenvalue weighted by atomic mass is 32.1. The molecule has 2 amide bonds. The first kappa shape index (κ1) is 21.6. The summed E-state index contributed by atoms with van der Waals surface area (Å²) in [6.45, 7) is 6.14. The van der Waals surface area contributed by atoms with Gasteiger partial charge in [0.2, 0.25) is 0 Å². The molecule has 5 rings (SSSR count). The Morgan fingerprint density at radius 3 is 2.82 bits per heavy atom. The molecule has 1 fully saturated rings. The first-order chi connectivity index (χ1) is 16.1. The molecule has 8 heteroatoms. The fourth-order valence-corrected chi connectivity index (χ4v) is 5.23. The van der Waals surface area contributed by atoms with Crippen LogP contribution in [0.1, 0.15) is 36.9 Å². The third-order valence-electron chi connectivity index (χ3n) is 6.26. The van der Waals surface area contributed by atoms with Gasteiger partial charge in [-0.2, -0.15) is 0 Å². The standard InChI is InChI=1S/C25H26N4O3S/c1-17-20(25(31)29-9-6-23-18(16-29)7-14-33-23)3-2-4-21(17)27-24(30)22-15-19(5-8-26-22)28-10-12-32-13-11-28/h2-5,7-8,14-15H,6,9-13,16H2,1H3,(H,27,30). The van der Waals surface area contributed by atoms with Crippen molar-refractivity contribution in [1.29, 1.82) is 0 Å². The van der Waals surface area contributed by atoms with Crippen LogP contribution >= 0.6 is 11.3 Å². The van der Waals surface area contributed by atoms with Crippen molar-refractivity contribution in [3.05, 3.63) is 75.2 Å². The Bertz CT molecular complexity index is 1190. The summed E-state index contributed by atoms with van der Waals surface area (Å²) in [6.07, 6.45) is 2.54. The highest BCUT2D eigenvalue weighted by Gasteiger charge is 2.24. The van der Waals surface area contributed by atoms with Crippen molar-refractivity contribution in [2.45, 2.75) is 19.9 Å². The molecule has 0 atom stereocenters. The molecule has 1 N–H and O–H groups in total. The quantitative estimate of drug-likeness (QED) is 0.639. The maximum Gasteiger partial charge on any atom is 0.274 e. The number of carbonyl (C=O) groups excluding carboxylic acids is 2. The normalized spacial score (nSPS) is 15.8. The molecular weight excluding hydrogens is 436 g/mol. The summed E-state index contributed by atoms with van der Waals surface area (Å²) < 4.78 is 5.41. The highest BCUT2D eigenvalue weighted by Crippen LogP contribution is 2.27. The van der Waals surface area contributed by atoms with Crippen molar-refractivity contribution < 1.29 is 14.3 Å². The van der Waals surface area contributed by atoms with E-state index in [0.29, 0.717) is 43.2 Å². The van der Waals surface area contributed by atoms with Crippen LogP contribution < -0.4 is 10.2 Å². The predicted molar refractivity (Wildman–Crippen MR) is 129 cm³/mol. The summed E-state index contributed by atoms with van der Waals surface area (Å²) in [4.78, 5) is 35.9. The molecule has 0 unspecified atom stereocenters. The number of morpholine rings is 1. The third-order valence-corrected chi connectivity index (χ3v) is 7.28. The lowest BCUT2D eigenvalue weighted by atomic mass is 10.0. The molecule has 1 saturated heterocycles. The molecule has 0 saturated carbocycles. The number of fused-ring (bicyclic) bond motifs is 1. The third kappa shape index (κ3) is 4.49. The Morgan fingerprint density at radius 1 is 1.12 bits per heavy atom. The van der Waals surface area contributed by atoms with Gasteiger partial charge in [0.25, 0.3) is 11.8 Å². The van der Waals surface area contributed by atoms with Crippen LogP contribution in [0.4, 0.5) is 11.4 Å². The Hall–Kier alpha value is -3.23. The molecule has 2 aliphatic rings. The zero-order chi connectivity index (χ0) is 22.8. The molecule has 0 radical (unpaired) electrons. The largest absolute Gasteiger partial charge is 0.378 e. The van der Waals surface area contributed by atoms with E-state index in [1.165, 1.54) is 10.4 Å². The number of pyridine rings is 1. The van der Waals surface area contributed by atoms with E-state index in [1.807, 2.05) is 36.1 Å². The van der Waals surface area contributed by atoms with Crippen LogP contribution in [0.5, 0.6) is 0 Å². The molecule has 7 nitrogen and oxygen atoms in total. The average molecular weight is 463 g/mol. The first-order valence-corrected chi connectivity index (χ1v) is 12.0. The lowest BCUT2D eigenvalue weighted by molar-refractivity contribution is 0.0735. The highest BCUT2D eigenvalue weighted by molar-refractivity contribution is 7.10. The molecule has 0 spiro atoms. The molecular formula is C25H26N4O3S. The number of carbonyl (C=O) groups is 2. The Kier molecular flexibility index (Phi) is 6.11. The Labute approximate surface area is 197 Å². The van der Waals surface area contributed by atoms with Gasteiger partial charge in [-0.25, -0.2) is 0 Å². The molecule has 2 aliphatic heterocycles. The van der Waals surface area contributed by atoms with Crippen molar-refractivity contribution in [3.8, 4) is 0 Å². The van der Waals surface area contributed by atoms with Gasteiger partial charge in [-0.05, 0) is 60.2 Å². The van der Waals surface area contributed by atoms with Crippen LogP contribution in [-0.2, 0) is 17.7 Å². The van der Waals surface area contributed by atoms with Gasteiger partial charge < -0.3 is 19.9 Å². The average Bonchev–Trinajstić information content (AvgIpc) is 3.33. The van der Waals surface area contributed by atoms with Gasteiger partial charge >= 0.3 is 0 Å². The number of thiophene rings is 1. The summed E-state index contributed by atoms with van der Waals surface area (Å²) in [5.74, 6) is -0.299. The van der Waals surface area contributed by atoms with Crippen LogP contribution in [0.25, 0.3) is 0 Å². The van der Waals surface area contributed by atoms with Gasteiger partial charge in [-0.1, -0.05) is 6.07 Å². The summed E-state index contributed by atoms with van der Waals surface area (Å²) in [5.41, 5.74) is 4.52. The van der Waals surface area contributed by atoms with Crippen LogP contribution in [0.15, 0.2) is 48.0 Å². The van der Waals surface area contributed by atoms with Gasteiger partial charge in [-0.15, -0.1) is 11.3 Å². The predicted octanol–water partition coefficient (Wildman–Crippen LogP) is 3.74. The van der Waals surface area contributed by atoms with Crippen molar-refractivity contribution in [1.82, 2.24) is 9.88 Å². The van der Waals surface area contributed by atoms with E-state index in [2.05, 4.69) is 26.6 Å². The zero-order valence-electron chi connectivity index (χ0n) is 18.5. The molecule has 2 aromatic heterocycles. The molecule has 3 aromatic rings. The monoisotopic (exact) mass is 462 g/mol. The second-order valence-corrected chi connectivity index (χ2v) is 9.28. The van der Waals surface area contributed by atoms with Crippen molar-refractivity contribution in [2.75, 3.05) is 43.1 Å². The zero-order valence-corrected chi connectivity index (χ0v) is 19.4. The minimum atomic E-state index is -0.293. The maximum absolute atomic E-state index is 13.3. The number of nitrogens with one attached hydrogen (secondary N) is 1. The van der Waals surface area contributed by atoms with Crippen molar-refractivity contribution in [3.63, 3.8) is 0 Å². The number of hydrogen-bond donors (Lipinski definition) is 1. The molecule has 0 bridgehead atoms. The lowest BCUT2D eigenvalue weighted by Gasteiger charge is -2.29. The topological polar surface area (TPSA) is 74.8 Å². The van der Waals surface area contributed by atoms with Crippen LogP contribution in [-0.4, -0.2) is 54.5 Å². The number of ether oxygens (including phenoxy) is 1. The second kappa shape index (κ2) is 9.33. The van der Waals surface area contributed by atoms with E-state index >= 15 is 0 Å². The van der Waals surface area contributed by atoms with Gasteiger partial charge in [0.15, 0.2) is 0 Å². The van der Waals surface area contributed by atoms with Gasteiger partial charge in [-0.3, -0.25) is 14.6 Å². The van der Waals surface area contributed by atoms with E-state index in [0.717, 1.165) is 30.8 Å². The second-order valence-electron chi connectivity index (χ2n) is 8.28. The lowest BCUT2D eigenvalue weighted by Crippen LogP contribution is -2.36. The van der Waals surface area contributed by atoms with Gasteiger partial charge in [0.05, 0.1) is 13.2 Å². The number of amides is 2. The number of anilines is 2. The van der Waals surface area contributed by atoms with Crippen LogP contribution in [0.2, 0.25) is 0 Å². The van der Waals surface area contributed by atoms with Crippen LogP contribution in [0, 0.1) is 6.92 Å². The van der Waals surface area contributed by atoms with E-state index < -0.39 is 0 Å². The summed E-state index contributed by atoms with van der Waals surface area (Å²) >= 11 is 1.75. The summed E-state index contributed by atoms with van der Waals surface area (Å²) in [5, 5.41) is 5.04. The molecule has 4 heterocycles. The SMILES string of the molecule is Cc1c(NC(=O)c2cc(N3CCOCC3)ccn2)cccc1C(=O)N1CCc2sccc2C1. The maximum atomic E-state index is 13.3. The molecule has 33 heavy (non-hydrogen) atoms. The van der Waals surface area contributed by atoms with E-state index in [1.54, 1.807) is 23.6 Å². The number of benzene rings is 1. The van der Waals surface area contributed by atoms with E-state index in [-0.39, 0.29) is 11.8 Å². The minimum Gasteiger partial charge on any atom is -0.378 e. The number of aromatic nitrogens is 1. The van der Waals surface area contributed by atoms with Crippen molar-refractivity contribution in [2.24, 2.45) is 0 Å². The fourth-order valence-electron chi connectivity index (χ4n) is 4.34. The molecule has 170 valence electrons. The van der Waals surface area contributed by atoms with Crippen LogP contribution in [0.3, 0.4) is 0 Å². The molecule has 0 aliphatic carbocycles. The van der Waals surface area contributed by atoms with E-state index in [4.69, 9.17) is 4.74 Å². The Morgan fingerprint density at radius 2 is 1.97 bits per heavy atom. The summed E-state index contributed by atoms with van der Waals surface area (Å²) in [6, 6.07) is 11.3. The minimum absolute atomic E-state index is 0.00658. The number of rotatable bonds is 4. The molecule has 1 aromatic carbocycles. The number of hydrogen-bond acceptors (Lipinski definition) is 6. The fraction of sp³-hybridized carbons (Fsp3) is 0.320. The van der Waals surface area contributed by atoms with Gasteiger partial charge in [0, 0.05) is 54.2 Å². The first-order valence-electron chi connectivity index (χ1n) is 11.1. The Balaban J connectivity index is 1.32. The summed E-state index contributed by atoms with van der Waals surface area (Å²) in [7, 11) is 0. The smallest absolute Gasteiger partial charge is 0.274 e. The number of nitrogens with zero attached hydrogens (tertiary/aromatic N) is 3.